The second-order valence-electron chi connectivity index (χ2n) is 4.81. The highest BCUT2D eigenvalue weighted by molar-refractivity contribution is 5.90. The third-order valence-electron chi connectivity index (χ3n) is 3.07. The number of rotatable bonds is 8. The first-order valence-corrected chi connectivity index (χ1v) is 7.15. The molecule has 0 fully saturated rings. The highest BCUT2D eigenvalue weighted by Gasteiger charge is 2.24. The van der Waals surface area contributed by atoms with Crippen LogP contribution < -0.4 is 16.4 Å². The van der Waals surface area contributed by atoms with Gasteiger partial charge in [0.15, 0.2) is 0 Å². The zero-order chi connectivity index (χ0) is 17.2. The summed E-state index contributed by atoms with van der Waals surface area (Å²) in [6, 6.07) is 6.90. The summed E-state index contributed by atoms with van der Waals surface area (Å²) in [6.45, 7) is 1.07. The van der Waals surface area contributed by atoms with Gasteiger partial charge in [0.25, 0.3) is 0 Å². The van der Waals surface area contributed by atoms with E-state index in [9.17, 15) is 19.5 Å². The molecule has 1 aromatic rings. The van der Waals surface area contributed by atoms with E-state index in [4.69, 9.17) is 10.5 Å². The van der Waals surface area contributed by atoms with Crippen LogP contribution in [-0.4, -0.2) is 41.7 Å². The predicted octanol–water partition coefficient (Wildman–Crippen LogP) is -0.346. The lowest BCUT2D eigenvalue weighted by atomic mass is 10.2. The van der Waals surface area contributed by atoms with Crippen molar-refractivity contribution in [3.63, 3.8) is 0 Å². The average Bonchev–Trinajstić information content (AvgIpc) is 2.56. The standard InChI is InChI=1S/C15H21N3O5/c1-2-11(13(16)20)17-14(21)12(8-19)18-15(22)23-9-10-6-4-3-5-7-10/h3-7,11-12,19H,2,8-9H2,1H3,(H2,16,20)(H,17,21)(H,18,22)/t11-,12-/m0/s1. The number of carbonyl (C=O) groups is 3. The number of nitrogens with one attached hydrogen (secondary N) is 2. The van der Waals surface area contributed by atoms with E-state index in [1.807, 2.05) is 6.07 Å². The average molecular weight is 323 g/mol. The van der Waals surface area contributed by atoms with E-state index >= 15 is 0 Å². The lowest BCUT2D eigenvalue weighted by Gasteiger charge is -2.19. The number of hydrogen-bond donors (Lipinski definition) is 4. The first-order valence-electron chi connectivity index (χ1n) is 7.15. The molecule has 0 saturated carbocycles. The number of amides is 3. The molecular weight excluding hydrogens is 302 g/mol. The van der Waals surface area contributed by atoms with Gasteiger partial charge < -0.3 is 26.2 Å². The molecule has 5 N–H and O–H groups in total. The monoisotopic (exact) mass is 323 g/mol. The van der Waals surface area contributed by atoms with Gasteiger partial charge in [-0.2, -0.15) is 0 Å². The van der Waals surface area contributed by atoms with Gasteiger partial charge in [0, 0.05) is 0 Å². The largest absolute Gasteiger partial charge is 0.445 e. The van der Waals surface area contributed by atoms with Crippen LogP contribution in [0.5, 0.6) is 0 Å². The van der Waals surface area contributed by atoms with E-state index in [0.29, 0.717) is 6.42 Å². The molecule has 0 heterocycles. The Labute approximate surface area is 134 Å². The highest BCUT2D eigenvalue weighted by atomic mass is 16.5. The molecule has 23 heavy (non-hydrogen) atoms. The second-order valence-corrected chi connectivity index (χ2v) is 4.81. The van der Waals surface area contributed by atoms with Crippen LogP contribution >= 0.6 is 0 Å². The molecule has 0 bridgehead atoms. The van der Waals surface area contributed by atoms with Crippen molar-refractivity contribution in [1.29, 1.82) is 0 Å². The Balaban J connectivity index is 2.49. The molecule has 8 heteroatoms. The van der Waals surface area contributed by atoms with Gasteiger partial charge in [-0.25, -0.2) is 4.79 Å². The van der Waals surface area contributed by atoms with E-state index in [0.717, 1.165) is 5.56 Å². The molecule has 0 spiro atoms. The van der Waals surface area contributed by atoms with E-state index in [1.165, 1.54) is 0 Å². The topological polar surface area (TPSA) is 131 Å². The first-order chi connectivity index (χ1) is 11.0. The van der Waals surface area contributed by atoms with Gasteiger partial charge in [-0.1, -0.05) is 37.3 Å². The Kier molecular flexibility index (Phi) is 7.55. The molecule has 0 aliphatic carbocycles. The minimum atomic E-state index is -1.23. The second kappa shape index (κ2) is 9.42. The number of aliphatic hydroxyl groups is 1. The van der Waals surface area contributed by atoms with Crippen molar-refractivity contribution >= 4 is 17.9 Å². The normalized spacial score (nSPS) is 12.8. The van der Waals surface area contributed by atoms with Gasteiger partial charge >= 0.3 is 6.09 Å². The van der Waals surface area contributed by atoms with E-state index in [1.54, 1.807) is 31.2 Å². The smallest absolute Gasteiger partial charge is 0.408 e. The Bertz CT molecular complexity index is 535. The summed E-state index contributed by atoms with van der Waals surface area (Å²) in [7, 11) is 0. The number of hydrogen-bond acceptors (Lipinski definition) is 5. The summed E-state index contributed by atoms with van der Waals surface area (Å²) >= 11 is 0. The van der Waals surface area contributed by atoms with Crippen molar-refractivity contribution in [2.45, 2.75) is 32.0 Å². The van der Waals surface area contributed by atoms with Crippen LogP contribution in [0.1, 0.15) is 18.9 Å². The summed E-state index contributed by atoms with van der Waals surface area (Å²) < 4.78 is 4.96. The minimum absolute atomic E-state index is 0.0330. The zero-order valence-electron chi connectivity index (χ0n) is 12.8. The lowest BCUT2D eigenvalue weighted by Crippen LogP contribution is -2.54. The van der Waals surface area contributed by atoms with Gasteiger partial charge in [-0.3, -0.25) is 9.59 Å². The fourth-order valence-corrected chi connectivity index (χ4v) is 1.75. The maximum atomic E-state index is 11.9. The molecule has 126 valence electrons. The maximum absolute atomic E-state index is 11.9. The van der Waals surface area contributed by atoms with Gasteiger partial charge in [0.2, 0.25) is 11.8 Å². The van der Waals surface area contributed by atoms with Crippen LogP contribution in [0.4, 0.5) is 4.79 Å². The van der Waals surface area contributed by atoms with Gasteiger partial charge in [-0.05, 0) is 12.0 Å². The Hall–Kier alpha value is -2.61. The van der Waals surface area contributed by atoms with Crippen molar-refractivity contribution in [2.75, 3.05) is 6.61 Å². The first kappa shape index (κ1) is 18.4. The quantitative estimate of drug-likeness (QED) is 0.519. The summed E-state index contributed by atoms with van der Waals surface area (Å²) in [6.07, 6.45) is -0.548. The van der Waals surface area contributed by atoms with Gasteiger partial charge in [0.05, 0.1) is 6.61 Å². The highest BCUT2D eigenvalue weighted by Crippen LogP contribution is 2.01. The summed E-state index contributed by atoms with van der Waals surface area (Å²) in [5.74, 6) is -1.40. The molecule has 0 aliphatic heterocycles. The number of ether oxygens (including phenoxy) is 1. The Morgan fingerprint density at radius 1 is 1.17 bits per heavy atom. The van der Waals surface area contributed by atoms with Gasteiger partial charge in [0.1, 0.15) is 18.7 Å². The molecule has 3 amide bonds. The lowest BCUT2D eigenvalue weighted by molar-refractivity contribution is -0.129. The molecule has 0 aromatic heterocycles. The third-order valence-corrected chi connectivity index (χ3v) is 3.07. The van der Waals surface area contributed by atoms with Crippen LogP contribution in [0, 0.1) is 0 Å². The van der Waals surface area contributed by atoms with Crippen LogP contribution in [0.15, 0.2) is 30.3 Å². The number of benzene rings is 1. The molecule has 0 saturated heterocycles. The summed E-state index contributed by atoms with van der Waals surface area (Å²) in [5, 5.41) is 13.8. The number of carbonyl (C=O) groups excluding carboxylic acids is 3. The maximum Gasteiger partial charge on any atom is 0.408 e. The third kappa shape index (κ3) is 6.35. The Morgan fingerprint density at radius 3 is 2.35 bits per heavy atom. The predicted molar refractivity (Wildman–Crippen MR) is 82.1 cm³/mol. The molecule has 1 rings (SSSR count). The summed E-state index contributed by atoms with van der Waals surface area (Å²) in [5.41, 5.74) is 5.91. The van der Waals surface area contributed by atoms with Crippen molar-refractivity contribution < 1.29 is 24.2 Å². The Morgan fingerprint density at radius 2 is 1.83 bits per heavy atom. The van der Waals surface area contributed by atoms with Crippen molar-refractivity contribution in [2.24, 2.45) is 5.73 Å². The molecule has 0 unspecified atom stereocenters. The molecule has 0 aliphatic rings. The molecule has 8 nitrogen and oxygen atoms in total. The molecule has 2 atom stereocenters. The number of aliphatic hydroxyl groups excluding tert-OH is 1. The van der Waals surface area contributed by atoms with Crippen LogP contribution in [0.3, 0.4) is 0 Å². The molecule has 0 radical (unpaired) electrons. The SMILES string of the molecule is CC[C@H](NC(=O)[C@H](CO)NC(=O)OCc1ccccc1)C(N)=O. The fraction of sp³-hybridized carbons (Fsp3) is 0.400. The van der Waals surface area contributed by atoms with Crippen molar-refractivity contribution in [3.05, 3.63) is 35.9 Å². The molecular formula is C15H21N3O5. The van der Waals surface area contributed by atoms with Crippen molar-refractivity contribution in [3.8, 4) is 0 Å². The fourth-order valence-electron chi connectivity index (χ4n) is 1.75. The van der Waals surface area contributed by atoms with E-state index in [-0.39, 0.29) is 6.61 Å². The van der Waals surface area contributed by atoms with Crippen molar-refractivity contribution in [1.82, 2.24) is 10.6 Å². The van der Waals surface area contributed by atoms with Crippen LogP contribution in [-0.2, 0) is 20.9 Å². The zero-order valence-corrected chi connectivity index (χ0v) is 12.8. The van der Waals surface area contributed by atoms with E-state index in [2.05, 4.69) is 10.6 Å². The number of primary amides is 1. The van der Waals surface area contributed by atoms with Crippen LogP contribution in [0.25, 0.3) is 0 Å². The molecule has 1 aromatic carbocycles. The summed E-state index contributed by atoms with van der Waals surface area (Å²) in [4.78, 5) is 34.7. The van der Waals surface area contributed by atoms with Gasteiger partial charge in [-0.15, -0.1) is 0 Å². The number of nitrogens with two attached hydrogens (primary N) is 1. The number of alkyl carbamates (subject to hydrolysis) is 1. The van der Waals surface area contributed by atoms with Crippen LogP contribution in [0.2, 0.25) is 0 Å². The minimum Gasteiger partial charge on any atom is -0.445 e. The van der Waals surface area contributed by atoms with E-state index < -0.39 is 36.6 Å².